The minimum atomic E-state index is 0.307. The van der Waals surface area contributed by atoms with E-state index in [1.165, 1.54) is 51.6 Å². The van der Waals surface area contributed by atoms with Crippen molar-refractivity contribution in [1.29, 1.82) is 0 Å². The van der Waals surface area contributed by atoms with E-state index in [4.69, 9.17) is 10.5 Å². The highest BCUT2D eigenvalue weighted by Gasteiger charge is 2.42. The van der Waals surface area contributed by atoms with Gasteiger partial charge < -0.3 is 10.5 Å². The monoisotopic (exact) mass is 254 g/mol. The van der Waals surface area contributed by atoms with Gasteiger partial charge in [0.2, 0.25) is 0 Å². The molecule has 0 aromatic carbocycles. The minimum absolute atomic E-state index is 0.307. The molecule has 0 spiro atoms. The fourth-order valence-corrected chi connectivity index (χ4v) is 4.05. The topological polar surface area (TPSA) is 38.5 Å². The number of rotatable bonds is 5. The summed E-state index contributed by atoms with van der Waals surface area (Å²) >= 11 is 0. The predicted octanol–water partition coefficient (Wildman–Crippen LogP) is 2.25. The van der Waals surface area contributed by atoms with Crippen molar-refractivity contribution in [3.63, 3.8) is 0 Å². The number of hydrogen-bond acceptors (Lipinski definition) is 3. The third kappa shape index (κ3) is 2.89. The Morgan fingerprint density at radius 3 is 2.83 bits per heavy atom. The molecule has 1 aliphatic carbocycles. The lowest BCUT2D eigenvalue weighted by Crippen LogP contribution is -2.55. The van der Waals surface area contributed by atoms with Gasteiger partial charge in [0.1, 0.15) is 0 Å². The van der Waals surface area contributed by atoms with E-state index in [-0.39, 0.29) is 0 Å². The lowest BCUT2D eigenvalue weighted by molar-refractivity contribution is 0.0468. The molecule has 0 aromatic heterocycles. The van der Waals surface area contributed by atoms with Crippen LogP contribution >= 0.6 is 0 Å². The Labute approximate surface area is 112 Å². The summed E-state index contributed by atoms with van der Waals surface area (Å²) in [7, 11) is 1.81. The molecule has 1 saturated carbocycles. The Bertz CT molecular complexity index is 259. The summed E-state index contributed by atoms with van der Waals surface area (Å²) in [4.78, 5) is 2.69. The van der Waals surface area contributed by atoms with Crippen LogP contribution in [0.5, 0.6) is 0 Å². The zero-order valence-corrected chi connectivity index (χ0v) is 12.2. The third-order valence-electron chi connectivity index (χ3n) is 5.24. The van der Waals surface area contributed by atoms with Crippen molar-refractivity contribution in [2.24, 2.45) is 17.6 Å². The van der Waals surface area contributed by atoms with Crippen molar-refractivity contribution in [3.05, 3.63) is 0 Å². The Balaban J connectivity index is 1.99. The number of likely N-dealkylation sites (tertiary alicyclic amines) is 1. The highest BCUT2D eigenvalue weighted by molar-refractivity contribution is 4.99. The zero-order valence-electron chi connectivity index (χ0n) is 12.2. The summed E-state index contributed by atoms with van der Waals surface area (Å²) in [5, 5.41) is 0. The first-order valence-electron chi connectivity index (χ1n) is 7.68. The number of nitrogens with two attached hydrogens (primary N) is 1. The van der Waals surface area contributed by atoms with Crippen LogP contribution in [0.15, 0.2) is 0 Å². The van der Waals surface area contributed by atoms with Crippen LogP contribution in [0.2, 0.25) is 0 Å². The Morgan fingerprint density at radius 1 is 1.33 bits per heavy atom. The second kappa shape index (κ2) is 6.36. The highest BCUT2D eigenvalue weighted by atomic mass is 16.5. The van der Waals surface area contributed by atoms with E-state index in [0.717, 1.165) is 25.0 Å². The van der Waals surface area contributed by atoms with E-state index in [2.05, 4.69) is 11.8 Å². The summed E-state index contributed by atoms with van der Waals surface area (Å²) in [6, 6.07) is 0. The van der Waals surface area contributed by atoms with Gasteiger partial charge in [0.15, 0.2) is 0 Å². The zero-order chi connectivity index (χ0) is 13.0. The summed E-state index contributed by atoms with van der Waals surface area (Å²) in [6.45, 7) is 6.50. The van der Waals surface area contributed by atoms with Gasteiger partial charge in [-0.2, -0.15) is 0 Å². The molecule has 1 heterocycles. The van der Waals surface area contributed by atoms with E-state index in [1.54, 1.807) is 0 Å². The van der Waals surface area contributed by atoms with E-state index in [0.29, 0.717) is 5.54 Å². The van der Waals surface area contributed by atoms with Gasteiger partial charge >= 0.3 is 0 Å². The van der Waals surface area contributed by atoms with Crippen molar-refractivity contribution in [1.82, 2.24) is 4.90 Å². The fraction of sp³-hybridized carbons (Fsp3) is 1.00. The van der Waals surface area contributed by atoms with Gasteiger partial charge in [0.25, 0.3) is 0 Å². The molecule has 18 heavy (non-hydrogen) atoms. The van der Waals surface area contributed by atoms with Crippen LogP contribution in [0, 0.1) is 11.8 Å². The summed E-state index contributed by atoms with van der Waals surface area (Å²) < 4.78 is 5.31. The van der Waals surface area contributed by atoms with Gasteiger partial charge in [0.05, 0.1) is 6.61 Å². The Morgan fingerprint density at radius 2 is 2.17 bits per heavy atom. The average molecular weight is 254 g/mol. The van der Waals surface area contributed by atoms with Crippen LogP contribution < -0.4 is 5.73 Å². The van der Waals surface area contributed by atoms with Crippen LogP contribution in [-0.4, -0.2) is 43.8 Å². The molecular weight excluding hydrogens is 224 g/mol. The quantitative estimate of drug-likeness (QED) is 0.818. The van der Waals surface area contributed by atoms with Gasteiger partial charge in [-0.15, -0.1) is 0 Å². The van der Waals surface area contributed by atoms with Crippen LogP contribution in [0.25, 0.3) is 0 Å². The van der Waals surface area contributed by atoms with Gasteiger partial charge in [-0.3, -0.25) is 4.90 Å². The van der Waals surface area contributed by atoms with Gasteiger partial charge in [-0.05, 0) is 37.6 Å². The SMILES string of the molecule is CCC1CCCC(CN)(N2CCC(COC)C2)C1. The normalized spacial score (nSPS) is 38.2. The first-order chi connectivity index (χ1) is 8.74. The summed E-state index contributed by atoms with van der Waals surface area (Å²) in [5.74, 6) is 1.62. The van der Waals surface area contributed by atoms with Crippen LogP contribution in [0.3, 0.4) is 0 Å². The molecule has 3 unspecified atom stereocenters. The Hall–Kier alpha value is -0.120. The second-order valence-corrected chi connectivity index (χ2v) is 6.36. The molecule has 1 saturated heterocycles. The Kier molecular flexibility index (Phi) is 5.05. The lowest BCUT2D eigenvalue weighted by atomic mass is 9.73. The smallest absolute Gasteiger partial charge is 0.0503 e. The van der Waals surface area contributed by atoms with E-state index in [9.17, 15) is 0 Å². The van der Waals surface area contributed by atoms with Gasteiger partial charge in [-0.25, -0.2) is 0 Å². The lowest BCUT2D eigenvalue weighted by Gasteiger charge is -2.47. The largest absolute Gasteiger partial charge is 0.384 e. The molecule has 2 aliphatic rings. The molecule has 0 radical (unpaired) electrons. The first kappa shape index (κ1) is 14.3. The highest BCUT2D eigenvalue weighted by Crippen LogP contribution is 2.40. The third-order valence-corrected chi connectivity index (χ3v) is 5.24. The fourth-order valence-electron chi connectivity index (χ4n) is 4.05. The molecule has 106 valence electrons. The predicted molar refractivity (Wildman–Crippen MR) is 75.6 cm³/mol. The summed E-state index contributed by atoms with van der Waals surface area (Å²) in [5.41, 5.74) is 6.49. The molecule has 3 atom stereocenters. The van der Waals surface area contributed by atoms with Crippen molar-refractivity contribution in [2.75, 3.05) is 33.4 Å². The first-order valence-corrected chi connectivity index (χ1v) is 7.68. The molecule has 3 heteroatoms. The van der Waals surface area contributed by atoms with Crippen molar-refractivity contribution >= 4 is 0 Å². The minimum Gasteiger partial charge on any atom is -0.384 e. The van der Waals surface area contributed by atoms with E-state index >= 15 is 0 Å². The van der Waals surface area contributed by atoms with Crippen molar-refractivity contribution in [3.8, 4) is 0 Å². The molecule has 2 N–H and O–H groups in total. The number of hydrogen-bond donors (Lipinski definition) is 1. The number of methoxy groups -OCH3 is 1. The number of nitrogens with zero attached hydrogens (tertiary/aromatic N) is 1. The van der Waals surface area contributed by atoms with Crippen LogP contribution in [0.4, 0.5) is 0 Å². The van der Waals surface area contributed by atoms with Crippen molar-refractivity contribution < 1.29 is 4.74 Å². The maximum Gasteiger partial charge on any atom is 0.0503 e. The maximum absolute atomic E-state index is 6.18. The van der Waals surface area contributed by atoms with Crippen molar-refractivity contribution in [2.45, 2.75) is 51.0 Å². The van der Waals surface area contributed by atoms with Gasteiger partial charge in [0, 0.05) is 25.7 Å². The molecule has 0 amide bonds. The molecule has 2 fully saturated rings. The molecule has 2 rings (SSSR count). The van der Waals surface area contributed by atoms with E-state index in [1.807, 2.05) is 7.11 Å². The standard InChI is InChI=1S/C15H30N2O/c1-3-13-5-4-7-15(9-13,12-16)17-8-6-14(10-17)11-18-2/h13-14H,3-12,16H2,1-2H3. The molecule has 1 aliphatic heterocycles. The van der Waals surface area contributed by atoms with Crippen LogP contribution in [-0.2, 0) is 4.74 Å². The molecular formula is C15H30N2O. The molecule has 3 nitrogen and oxygen atoms in total. The molecule has 0 aromatic rings. The van der Waals surface area contributed by atoms with E-state index < -0.39 is 0 Å². The van der Waals surface area contributed by atoms with Gasteiger partial charge in [-0.1, -0.05) is 26.2 Å². The average Bonchev–Trinajstić information content (AvgIpc) is 2.88. The van der Waals surface area contributed by atoms with Crippen LogP contribution in [0.1, 0.15) is 45.4 Å². The second-order valence-electron chi connectivity index (χ2n) is 6.36. The number of ether oxygens (including phenoxy) is 1. The molecule has 0 bridgehead atoms. The maximum atomic E-state index is 6.18. The summed E-state index contributed by atoms with van der Waals surface area (Å²) in [6.07, 6.45) is 8.00.